The van der Waals surface area contributed by atoms with Crippen LogP contribution in [-0.4, -0.2) is 0 Å². The summed E-state index contributed by atoms with van der Waals surface area (Å²) in [5.41, 5.74) is 0.797. The molecular formula is C13H8ClNO. The molecule has 0 atom stereocenters. The van der Waals surface area contributed by atoms with E-state index in [4.69, 9.17) is 16.3 Å². The van der Waals surface area contributed by atoms with Crippen LogP contribution in [0.25, 0.3) is 6.26 Å². The molecule has 16 heavy (non-hydrogen) atoms. The van der Waals surface area contributed by atoms with E-state index in [9.17, 15) is 0 Å². The second-order valence-corrected chi connectivity index (χ2v) is 3.95. The zero-order valence-corrected chi connectivity index (χ0v) is 9.11. The summed E-state index contributed by atoms with van der Waals surface area (Å²) >= 11 is 5.91. The summed E-state index contributed by atoms with van der Waals surface area (Å²) in [6.07, 6.45) is 1.70. The van der Waals surface area contributed by atoms with E-state index in [1.807, 2.05) is 30.3 Å². The molecule has 0 unspecified atom stereocenters. The van der Waals surface area contributed by atoms with Crippen molar-refractivity contribution in [2.45, 2.75) is 0 Å². The molecular weight excluding hydrogens is 222 g/mol. The van der Waals surface area contributed by atoms with Gasteiger partial charge in [0.25, 0.3) is 0 Å². The van der Waals surface area contributed by atoms with Crippen molar-refractivity contribution in [2.24, 2.45) is 4.99 Å². The highest BCUT2D eigenvalue weighted by Crippen LogP contribution is 2.30. The third kappa shape index (κ3) is 1.57. The first-order valence-corrected chi connectivity index (χ1v) is 5.31. The van der Waals surface area contributed by atoms with Crippen LogP contribution in [0.1, 0.15) is 0 Å². The zero-order chi connectivity index (χ0) is 11.0. The minimum absolute atomic E-state index is 0.647. The van der Waals surface area contributed by atoms with E-state index in [1.54, 1.807) is 18.4 Å². The zero-order valence-electron chi connectivity index (χ0n) is 8.35. The average molecular weight is 230 g/mol. The van der Waals surface area contributed by atoms with Crippen LogP contribution in [0.2, 0.25) is 5.02 Å². The monoisotopic (exact) mass is 229 g/mol. The first kappa shape index (κ1) is 9.43. The highest BCUT2D eigenvalue weighted by atomic mass is 35.5. The Morgan fingerprint density at radius 2 is 1.94 bits per heavy atom. The Balaban J connectivity index is 2.32. The van der Waals surface area contributed by atoms with Gasteiger partial charge in [0, 0.05) is 16.3 Å². The summed E-state index contributed by atoms with van der Waals surface area (Å²) in [5.74, 6) is 0.684. The van der Waals surface area contributed by atoms with E-state index < -0.39 is 0 Å². The molecule has 2 aromatic rings. The minimum Gasteiger partial charge on any atom is -0.462 e. The van der Waals surface area contributed by atoms with Gasteiger partial charge in [0.1, 0.15) is 11.9 Å². The normalized spacial score (nSPS) is 12.3. The van der Waals surface area contributed by atoms with Gasteiger partial charge in [0.05, 0.1) is 5.36 Å². The predicted molar refractivity (Wildman–Crippen MR) is 63.4 cm³/mol. The van der Waals surface area contributed by atoms with Gasteiger partial charge in [0.2, 0.25) is 0 Å². The lowest BCUT2D eigenvalue weighted by molar-refractivity contribution is 0.543. The van der Waals surface area contributed by atoms with Crippen LogP contribution in [0.4, 0.5) is 5.69 Å². The largest absolute Gasteiger partial charge is 0.462 e. The second-order valence-electron chi connectivity index (χ2n) is 3.52. The van der Waals surface area contributed by atoms with Crippen molar-refractivity contribution in [3.05, 3.63) is 58.1 Å². The van der Waals surface area contributed by atoms with Gasteiger partial charge in [-0.25, -0.2) is 4.99 Å². The van der Waals surface area contributed by atoms with Crippen molar-refractivity contribution in [1.82, 2.24) is 0 Å². The molecule has 0 amide bonds. The SMILES string of the molecule is Clc1ccc2c(c1)OC=c1ccccc1=N2. The van der Waals surface area contributed by atoms with Crippen LogP contribution >= 0.6 is 11.6 Å². The molecule has 3 heteroatoms. The Morgan fingerprint density at radius 3 is 2.88 bits per heavy atom. The van der Waals surface area contributed by atoms with Crippen LogP contribution in [0, 0.1) is 0 Å². The highest BCUT2D eigenvalue weighted by molar-refractivity contribution is 6.30. The van der Waals surface area contributed by atoms with Gasteiger partial charge in [-0.3, -0.25) is 0 Å². The minimum atomic E-state index is 0.647. The molecule has 2 aromatic carbocycles. The van der Waals surface area contributed by atoms with Gasteiger partial charge >= 0.3 is 0 Å². The Hall–Kier alpha value is -1.80. The maximum Gasteiger partial charge on any atom is 0.153 e. The molecule has 78 valence electrons. The summed E-state index contributed by atoms with van der Waals surface area (Å²) in [6.45, 7) is 0. The van der Waals surface area contributed by atoms with E-state index in [-0.39, 0.29) is 0 Å². The number of hydrogen-bond donors (Lipinski definition) is 0. The topological polar surface area (TPSA) is 21.6 Å². The predicted octanol–water partition coefficient (Wildman–Crippen LogP) is 2.42. The summed E-state index contributed by atoms with van der Waals surface area (Å²) in [5, 5.41) is 2.52. The molecule has 0 fully saturated rings. The van der Waals surface area contributed by atoms with Crippen molar-refractivity contribution >= 4 is 23.6 Å². The molecule has 1 heterocycles. The van der Waals surface area contributed by atoms with Gasteiger partial charge in [-0.2, -0.15) is 0 Å². The Morgan fingerprint density at radius 1 is 1.06 bits per heavy atom. The number of rotatable bonds is 0. The fourth-order valence-corrected chi connectivity index (χ4v) is 1.78. The number of nitrogens with zero attached hydrogens (tertiary/aromatic N) is 1. The van der Waals surface area contributed by atoms with Gasteiger partial charge < -0.3 is 4.74 Å². The molecule has 0 saturated carbocycles. The number of fused-ring (bicyclic) bond motifs is 2. The lowest BCUT2D eigenvalue weighted by Gasteiger charge is -2.02. The Bertz CT molecular complexity index is 664. The van der Waals surface area contributed by atoms with E-state index in [1.165, 1.54) is 0 Å². The van der Waals surface area contributed by atoms with Gasteiger partial charge in [-0.15, -0.1) is 0 Å². The summed E-state index contributed by atoms with van der Waals surface area (Å²) in [7, 11) is 0. The maximum absolute atomic E-state index is 5.91. The Labute approximate surface area is 97.5 Å². The molecule has 0 N–H and O–H groups in total. The average Bonchev–Trinajstić information content (AvgIpc) is 2.48. The molecule has 0 saturated heterocycles. The van der Waals surface area contributed by atoms with E-state index in [2.05, 4.69) is 4.99 Å². The summed E-state index contributed by atoms with van der Waals surface area (Å²) < 4.78 is 5.55. The molecule has 1 aliphatic heterocycles. The molecule has 0 radical (unpaired) electrons. The highest BCUT2D eigenvalue weighted by Gasteiger charge is 2.05. The van der Waals surface area contributed by atoms with Crippen molar-refractivity contribution in [3.8, 4) is 5.75 Å². The summed E-state index contributed by atoms with van der Waals surface area (Å²) in [6, 6.07) is 13.3. The first-order chi connectivity index (χ1) is 7.83. The van der Waals surface area contributed by atoms with Gasteiger partial charge in [-0.05, 0) is 24.3 Å². The molecule has 0 bridgehead atoms. The van der Waals surface area contributed by atoms with Crippen LogP contribution in [0.5, 0.6) is 5.75 Å². The van der Waals surface area contributed by atoms with Gasteiger partial charge in [-0.1, -0.05) is 23.7 Å². The second kappa shape index (κ2) is 3.65. The van der Waals surface area contributed by atoms with Crippen molar-refractivity contribution in [1.29, 1.82) is 0 Å². The summed E-state index contributed by atoms with van der Waals surface area (Å²) in [4.78, 5) is 4.53. The third-order valence-electron chi connectivity index (χ3n) is 2.41. The molecule has 0 spiro atoms. The number of para-hydroxylation sites is 1. The first-order valence-electron chi connectivity index (χ1n) is 4.93. The molecule has 0 aliphatic carbocycles. The number of halogens is 1. The molecule has 3 rings (SSSR count). The number of hydrogen-bond acceptors (Lipinski definition) is 2. The molecule has 1 aliphatic rings. The van der Waals surface area contributed by atoms with Crippen LogP contribution in [0.3, 0.4) is 0 Å². The molecule has 2 nitrogen and oxygen atoms in total. The van der Waals surface area contributed by atoms with Gasteiger partial charge in [0.15, 0.2) is 5.75 Å². The standard InChI is InChI=1S/C13H8ClNO/c14-10-5-6-12-13(7-10)16-8-9-3-1-2-4-11(9)15-12/h1-8H. The fraction of sp³-hybridized carbons (Fsp3) is 0. The Kier molecular flexibility index (Phi) is 2.15. The lowest BCUT2D eigenvalue weighted by atomic mass is 10.3. The van der Waals surface area contributed by atoms with Crippen molar-refractivity contribution in [3.63, 3.8) is 0 Å². The van der Waals surface area contributed by atoms with E-state index >= 15 is 0 Å². The maximum atomic E-state index is 5.91. The molecule has 0 aromatic heterocycles. The smallest absolute Gasteiger partial charge is 0.153 e. The van der Waals surface area contributed by atoms with Crippen molar-refractivity contribution in [2.75, 3.05) is 0 Å². The van der Waals surface area contributed by atoms with E-state index in [0.29, 0.717) is 10.8 Å². The van der Waals surface area contributed by atoms with E-state index in [0.717, 1.165) is 16.3 Å². The lowest BCUT2D eigenvalue weighted by Crippen LogP contribution is -2.23. The number of ether oxygens (including phenoxy) is 1. The number of benzene rings is 2. The van der Waals surface area contributed by atoms with Crippen LogP contribution in [-0.2, 0) is 0 Å². The van der Waals surface area contributed by atoms with Crippen LogP contribution in [0.15, 0.2) is 47.5 Å². The van der Waals surface area contributed by atoms with Crippen LogP contribution < -0.4 is 15.3 Å². The fourth-order valence-electron chi connectivity index (χ4n) is 1.62. The van der Waals surface area contributed by atoms with Crippen molar-refractivity contribution < 1.29 is 4.74 Å². The third-order valence-corrected chi connectivity index (χ3v) is 2.65. The quantitative estimate of drug-likeness (QED) is 0.680.